The van der Waals surface area contributed by atoms with E-state index < -0.39 is 21.1 Å². The maximum atomic E-state index is 13.2. The normalized spacial score (nSPS) is 17.8. The number of urea groups is 1. The number of nitrogens with zero attached hydrogens (tertiary/aromatic N) is 4. The number of nitrogens with two attached hydrogens (primary N) is 2. The summed E-state index contributed by atoms with van der Waals surface area (Å²) in [5.74, 6) is 0.145. The van der Waals surface area contributed by atoms with E-state index in [1.54, 1.807) is 24.5 Å². The average molecular weight is 418 g/mol. The van der Waals surface area contributed by atoms with Gasteiger partial charge in [0.2, 0.25) is 5.95 Å². The molecule has 0 atom stereocenters. The first-order valence-electron chi connectivity index (χ1n) is 9.18. The van der Waals surface area contributed by atoms with Gasteiger partial charge in [0.25, 0.3) is 0 Å². The quantitative estimate of drug-likeness (QED) is 0.711. The van der Waals surface area contributed by atoms with Gasteiger partial charge in [0.05, 0.1) is 18.1 Å². The van der Waals surface area contributed by atoms with Crippen LogP contribution in [0.1, 0.15) is 0 Å². The van der Waals surface area contributed by atoms with E-state index in [9.17, 15) is 13.2 Å². The van der Waals surface area contributed by atoms with Crippen molar-refractivity contribution < 1.29 is 17.9 Å². The number of morpholine rings is 1. The molecule has 3 heterocycles. The van der Waals surface area contributed by atoms with Crippen LogP contribution >= 0.6 is 0 Å². The molecule has 2 aliphatic rings. The van der Waals surface area contributed by atoms with Crippen molar-refractivity contribution in [1.82, 2.24) is 14.9 Å². The Morgan fingerprint density at radius 3 is 2.34 bits per heavy atom. The predicted octanol–water partition coefficient (Wildman–Crippen LogP) is 0.0990. The number of aromatic nitrogens is 2. The summed E-state index contributed by atoms with van der Waals surface area (Å²) in [5, 5.41) is -0.676. The van der Waals surface area contributed by atoms with Crippen molar-refractivity contribution in [3.05, 3.63) is 30.6 Å². The third-order valence-electron chi connectivity index (χ3n) is 5.20. The zero-order valence-electron chi connectivity index (χ0n) is 15.7. The van der Waals surface area contributed by atoms with Gasteiger partial charge >= 0.3 is 6.03 Å². The molecule has 2 aromatic rings. The number of primary amides is 1. The summed E-state index contributed by atoms with van der Waals surface area (Å²) in [6.45, 7) is 2.68. The Balaban J connectivity index is 1.73. The fourth-order valence-electron chi connectivity index (χ4n) is 3.41. The van der Waals surface area contributed by atoms with Gasteiger partial charge in [-0.3, -0.25) is 0 Å². The molecule has 10 nitrogen and oxygen atoms in total. The molecule has 2 amide bonds. The fraction of sp³-hybridized carbons (Fsp3) is 0.389. The highest BCUT2D eigenvalue weighted by molar-refractivity contribution is 7.92. The largest absolute Gasteiger partial charge is 0.378 e. The van der Waals surface area contributed by atoms with Crippen molar-refractivity contribution in [2.24, 2.45) is 5.73 Å². The maximum absolute atomic E-state index is 13.2. The van der Waals surface area contributed by atoms with Crippen LogP contribution in [-0.4, -0.2) is 74.0 Å². The van der Waals surface area contributed by atoms with E-state index >= 15 is 0 Å². The summed E-state index contributed by atoms with van der Waals surface area (Å²) in [6, 6.07) is 4.59. The molecule has 0 spiro atoms. The van der Waals surface area contributed by atoms with Gasteiger partial charge in [-0.25, -0.2) is 23.2 Å². The fourth-order valence-corrected chi connectivity index (χ4v) is 5.13. The summed E-state index contributed by atoms with van der Waals surface area (Å²) in [7, 11) is -3.64. The Morgan fingerprint density at radius 2 is 1.72 bits per heavy atom. The number of rotatable bonds is 4. The summed E-state index contributed by atoms with van der Waals surface area (Å²) < 4.78 is 31.8. The number of hydrogen-bond donors (Lipinski definition) is 2. The number of amides is 2. The number of anilines is 2. The smallest absolute Gasteiger partial charge is 0.314 e. The van der Waals surface area contributed by atoms with Crippen molar-refractivity contribution >= 4 is 27.5 Å². The number of likely N-dealkylation sites (tertiary alicyclic amines) is 1. The first-order valence-corrected chi connectivity index (χ1v) is 10.7. The van der Waals surface area contributed by atoms with Gasteiger partial charge in [0.15, 0.2) is 9.84 Å². The first kappa shape index (κ1) is 19.4. The monoisotopic (exact) mass is 418 g/mol. The molecule has 2 aliphatic heterocycles. The minimum absolute atomic E-state index is 0.0970. The van der Waals surface area contributed by atoms with Gasteiger partial charge in [-0.2, -0.15) is 0 Å². The number of hydrogen-bond acceptors (Lipinski definition) is 8. The molecule has 154 valence electrons. The Bertz CT molecular complexity index is 1020. The van der Waals surface area contributed by atoms with Crippen LogP contribution in [0.25, 0.3) is 11.1 Å². The summed E-state index contributed by atoms with van der Waals surface area (Å²) in [4.78, 5) is 22.8. The molecule has 0 radical (unpaired) electrons. The van der Waals surface area contributed by atoms with Crippen LogP contribution in [0, 0.1) is 0 Å². The van der Waals surface area contributed by atoms with E-state index in [0.29, 0.717) is 37.4 Å². The number of sulfone groups is 1. The van der Waals surface area contributed by atoms with Gasteiger partial charge < -0.3 is 26.0 Å². The first-order chi connectivity index (χ1) is 13.8. The maximum Gasteiger partial charge on any atom is 0.314 e. The van der Waals surface area contributed by atoms with Crippen LogP contribution in [0.4, 0.5) is 16.4 Å². The molecular weight excluding hydrogens is 396 g/mol. The second kappa shape index (κ2) is 7.48. The molecule has 4 rings (SSSR count). The van der Waals surface area contributed by atoms with Crippen molar-refractivity contribution in [1.29, 1.82) is 0 Å². The van der Waals surface area contributed by atoms with Crippen LogP contribution in [-0.2, 0) is 14.6 Å². The Hall–Kier alpha value is -2.92. The van der Waals surface area contributed by atoms with Gasteiger partial charge in [-0.15, -0.1) is 0 Å². The van der Waals surface area contributed by atoms with Crippen LogP contribution in [0.15, 0.2) is 35.5 Å². The number of ether oxygens (including phenoxy) is 1. The molecule has 0 aliphatic carbocycles. The summed E-state index contributed by atoms with van der Waals surface area (Å²) >= 11 is 0. The zero-order chi connectivity index (χ0) is 20.6. The predicted molar refractivity (Wildman–Crippen MR) is 107 cm³/mol. The number of benzene rings is 1. The standard InChI is InChI=1S/C18H22N6O4S/c19-17-21-8-13(9-22-17)12-5-14(23-1-3-28-4-2-23)7-15(6-12)29(26,27)16-10-24(11-16)18(20)25/h5-9,16H,1-4,10-11H2,(H2,20,25)(H2,19,21,22). The zero-order valence-corrected chi connectivity index (χ0v) is 16.5. The molecule has 1 aromatic carbocycles. The highest BCUT2D eigenvalue weighted by Crippen LogP contribution is 2.32. The SMILES string of the molecule is NC(=O)N1CC(S(=O)(=O)c2cc(-c3cnc(N)nc3)cc(N3CCOCC3)c2)C1. The molecule has 2 fully saturated rings. The van der Waals surface area contributed by atoms with Crippen LogP contribution in [0.3, 0.4) is 0 Å². The lowest BCUT2D eigenvalue weighted by Gasteiger charge is -2.37. The minimum atomic E-state index is -3.64. The second-order valence-electron chi connectivity index (χ2n) is 7.06. The Morgan fingerprint density at radius 1 is 1.07 bits per heavy atom. The number of carbonyl (C=O) groups is 1. The molecule has 11 heteroatoms. The number of nitrogen functional groups attached to an aromatic ring is 1. The van der Waals surface area contributed by atoms with Gasteiger partial charge in [-0.05, 0) is 23.8 Å². The van der Waals surface area contributed by atoms with E-state index in [2.05, 4.69) is 14.9 Å². The number of carbonyl (C=O) groups excluding carboxylic acids is 1. The lowest BCUT2D eigenvalue weighted by molar-refractivity contribution is 0.122. The average Bonchev–Trinajstić information content (AvgIpc) is 2.67. The third-order valence-corrected chi connectivity index (χ3v) is 7.27. The highest BCUT2D eigenvalue weighted by Gasteiger charge is 2.40. The van der Waals surface area contributed by atoms with Crippen molar-refractivity contribution in [2.75, 3.05) is 50.0 Å². The molecule has 29 heavy (non-hydrogen) atoms. The van der Waals surface area contributed by atoms with E-state index in [1.807, 2.05) is 6.07 Å². The molecular formula is C18H22N6O4S. The van der Waals surface area contributed by atoms with Crippen LogP contribution in [0.2, 0.25) is 0 Å². The van der Waals surface area contributed by atoms with Gasteiger partial charge in [0.1, 0.15) is 5.25 Å². The minimum Gasteiger partial charge on any atom is -0.378 e. The summed E-state index contributed by atoms with van der Waals surface area (Å²) in [5.41, 5.74) is 12.9. The molecule has 0 saturated carbocycles. The Labute approximate surface area is 168 Å². The van der Waals surface area contributed by atoms with Crippen LogP contribution in [0.5, 0.6) is 0 Å². The molecule has 2 saturated heterocycles. The van der Waals surface area contributed by atoms with E-state index in [-0.39, 0.29) is 23.9 Å². The molecule has 0 bridgehead atoms. The topological polar surface area (TPSA) is 145 Å². The lowest BCUT2D eigenvalue weighted by atomic mass is 10.1. The third kappa shape index (κ3) is 3.83. The van der Waals surface area contributed by atoms with E-state index in [4.69, 9.17) is 16.2 Å². The Kier molecular flexibility index (Phi) is 5.01. The highest BCUT2D eigenvalue weighted by atomic mass is 32.2. The molecule has 4 N–H and O–H groups in total. The van der Waals surface area contributed by atoms with E-state index in [0.717, 1.165) is 5.69 Å². The molecule has 0 unspecified atom stereocenters. The van der Waals surface area contributed by atoms with Crippen LogP contribution < -0.4 is 16.4 Å². The van der Waals surface area contributed by atoms with Gasteiger partial charge in [0, 0.05) is 49.8 Å². The molecule has 1 aromatic heterocycles. The van der Waals surface area contributed by atoms with Crippen molar-refractivity contribution in [3.63, 3.8) is 0 Å². The van der Waals surface area contributed by atoms with Gasteiger partial charge in [-0.1, -0.05) is 0 Å². The summed E-state index contributed by atoms with van der Waals surface area (Å²) in [6.07, 6.45) is 3.13. The van der Waals surface area contributed by atoms with Crippen molar-refractivity contribution in [3.8, 4) is 11.1 Å². The lowest BCUT2D eigenvalue weighted by Crippen LogP contribution is -2.58. The van der Waals surface area contributed by atoms with Crippen molar-refractivity contribution in [2.45, 2.75) is 10.1 Å². The second-order valence-corrected chi connectivity index (χ2v) is 9.28. The van der Waals surface area contributed by atoms with E-state index in [1.165, 1.54) is 4.90 Å².